The fraction of sp³-hybridized carbons (Fsp3) is 0.385. The number of benzene rings is 1. The zero-order valence-electron chi connectivity index (χ0n) is 10.0. The Balaban J connectivity index is 2.16. The maximum absolute atomic E-state index is 10.6. The smallest absolute Gasteiger partial charge is 0.303 e. The topological polar surface area (TPSA) is 66.0 Å². The number of fused-ring (bicyclic) bond motifs is 1. The molecule has 0 fully saturated rings. The molecule has 1 aromatic carbocycles. The van der Waals surface area contributed by atoms with Crippen LogP contribution in [-0.2, 0) is 11.2 Å². The molecule has 1 heterocycles. The van der Waals surface area contributed by atoms with Crippen molar-refractivity contribution in [2.75, 3.05) is 0 Å². The molecule has 2 N–H and O–H groups in total. The van der Waals surface area contributed by atoms with Crippen LogP contribution < -0.4 is 0 Å². The van der Waals surface area contributed by atoms with E-state index in [1.807, 2.05) is 32.0 Å². The number of aryl methyl sites for hydroxylation is 1. The molecule has 2 aromatic rings. The number of carboxylic acids is 1. The number of aromatic amines is 1. The molecule has 0 saturated carbocycles. The summed E-state index contributed by atoms with van der Waals surface area (Å²) in [4.78, 5) is 18.1. The molecular weight excluding hydrogens is 216 g/mol. The highest BCUT2D eigenvalue weighted by Crippen LogP contribution is 2.17. The lowest BCUT2D eigenvalue weighted by molar-refractivity contribution is -0.137. The van der Waals surface area contributed by atoms with Crippen molar-refractivity contribution < 1.29 is 9.90 Å². The number of rotatable bonds is 4. The molecule has 0 aliphatic heterocycles. The molecule has 1 unspecified atom stereocenters. The minimum atomic E-state index is -0.740. The summed E-state index contributed by atoms with van der Waals surface area (Å²) in [5.74, 6) is 0.306. The highest BCUT2D eigenvalue weighted by atomic mass is 16.4. The minimum absolute atomic E-state index is 0.147. The molecule has 1 aromatic heterocycles. The molecule has 90 valence electrons. The largest absolute Gasteiger partial charge is 0.481 e. The zero-order valence-corrected chi connectivity index (χ0v) is 10.0. The molecule has 0 saturated heterocycles. The average molecular weight is 232 g/mol. The van der Waals surface area contributed by atoms with E-state index in [1.54, 1.807) is 0 Å². The highest BCUT2D eigenvalue weighted by Gasteiger charge is 2.09. The average Bonchev–Trinajstić information content (AvgIpc) is 2.55. The minimum Gasteiger partial charge on any atom is -0.481 e. The Hall–Kier alpha value is -1.84. The van der Waals surface area contributed by atoms with Crippen molar-refractivity contribution >= 4 is 17.0 Å². The summed E-state index contributed by atoms with van der Waals surface area (Å²) in [6, 6.07) is 6.04. The van der Waals surface area contributed by atoms with Gasteiger partial charge in [0.05, 0.1) is 11.0 Å². The van der Waals surface area contributed by atoms with Gasteiger partial charge in [-0.2, -0.15) is 0 Å². The van der Waals surface area contributed by atoms with Gasteiger partial charge in [0.15, 0.2) is 0 Å². The normalized spacial score (nSPS) is 12.8. The predicted octanol–water partition coefficient (Wildman–Crippen LogP) is 2.52. The van der Waals surface area contributed by atoms with Gasteiger partial charge in [0, 0.05) is 6.42 Å². The first-order valence-electron chi connectivity index (χ1n) is 5.71. The van der Waals surface area contributed by atoms with Crippen LogP contribution in [0.15, 0.2) is 18.2 Å². The van der Waals surface area contributed by atoms with Gasteiger partial charge in [-0.1, -0.05) is 13.0 Å². The van der Waals surface area contributed by atoms with Gasteiger partial charge in [0.25, 0.3) is 0 Å². The summed E-state index contributed by atoms with van der Waals surface area (Å²) in [5.41, 5.74) is 3.12. The Morgan fingerprint density at radius 3 is 3.00 bits per heavy atom. The molecule has 2 rings (SSSR count). The molecule has 4 heteroatoms. The number of aliphatic carboxylic acids is 1. The maximum atomic E-state index is 10.6. The van der Waals surface area contributed by atoms with Crippen LogP contribution in [0, 0.1) is 12.8 Å². The van der Waals surface area contributed by atoms with Crippen LogP contribution in [0.3, 0.4) is 0 Å². The first-order chi connectivity index (χ1) is 8.04. The Morgan fingerprint density at radius 1 is 1.53 bits per heavy atom. The number of imidazole rings is 1. The van der Waals surface area contributed by atoms with Gasteiger partial charge in [-0.15, -0.1) is 0 Å². The number of nitrogens with one attached hydrogen (secondary N) is 1. The summed E-state index contributed by atoms with van der Waals surface area (Å²) in [5, 5.41) is 8.72. The van der Waals surface area contributed by atoms with Crippen molar-refractivity contribution in [1.82, 2.24) is 9.97 Å². The number of H-pyrrole nitrogens is 1. The molecule has 17 heavy (non-hydrogen) atoms. The van der Waals surface area contributed by atoms with Crippen LogP contribution in [0.2, 0.25) is 0 Å². The van der Waals surface area contributed by atoms with E-state index in [1.165, 1.54) is 0 Å². The lowest BCUT2D eigenvalue weighted by Gasteiger charge is -2.08. The molecule has 0 bridgehead atoms. The number of carbonyl (C=O) groups is 1. The molecule has 0 aliphatic carbocycles. The lowest BCUT2D eigenvalue weighted by Crippen LogP contribution is -2.06. The second-order valence-corrected chi connectivity index (χ2v) is 4.58. The third kappa shape index (κ3) is 2.84. The van der Waals surface area contributed by atoms with E-state index < -0.39 is 5.97 Å². The predicted molar refractivity (Wildman–Crippen MR) is 66.0 cm³/mol. The molecule has 0 radical (unpaired) electrons. The Kier molecular flexibility index (Phi) is 3.13. The lowest BCUT2D eigenvalue weighted by atomic mass is 9.98. The first kappa shape index (κ1) is 11.6. The fourth-order valence-corrected chi connectivity index (χ4v) is 2.08. The molecule has 0 amide bonds. The zero-order chi connectivity index (χ0) is 12.4. The van der Waals surface area contributed by atoms with E-state index in [4.69, 9.17) is 5.11 Å². The monoisotopic (exact) mass is 232 g/mol. The number of hydrogen-bond donors (Lipinski definition) is 2. The Morgan fingerprint density at radius 2 is 2.29 bits per heavy atom. The van der Waals surface area contributed by atoms with Crippen LogP contribution in [0.4, 0.5) is 0 Å². The van der Waals surface area contributed by atoms with Gasteiger partial charge in [-0.3, -0.25) is 4.79 Å². The number of carboxylic acid groups (broad SMARTS) is 1. The van der Waals surface area contributed by atoms with Gasteiger partial charge in [0.1, 0.15) is 5.82 Å². The van der Waals surface area contributed by atoms with Crippen molar-refractivity contribution in [3.05, 3.63) is 29.6 Å². The van der Waals surface area contributed by atoms with Crippen molar-refractivity contribution in [3.63, 3.8) is 0 Å². The molecule has 1 atom stereocenters. The highest BCUT2D eigenvalue weighted by molar-refractivity contribution is 5.75. The second kappa shape index (κ2) is 4.57. The van der Waals surface area contributed by atoms with Crippen LogP contribution in [0.5, 0.6) is 0 Å². The van der Waals surface area contributed by atoms with Gasteiger partial charge >= 0.3 is 5.97 Å². The van der Waals surface area contributed by atoms with Gasteiger partial charge in [-0.05, 0) is 37.0 Å². The molecule has 0 spiro atoms. The number of nitrogens with zero attached hydrogens (tertiary/aromatic N) is 1. The second-order valence-electron chi connectivity index (χ2n) is 4.58. The van der Waals surface area contributed by atoms with E-state index in [-0.39, 0.29) is 12.3 Å². The van der Waals surface area contributed by atoms with Gasteiger partial charge < -0.3 is 10.1 Å². The number of hydrogen-bond acceptors (Lipinski definition) is 2. The van der Waals surface area contributed by atoms with Crippen LogP contribution in [0.25, 0.3) is 11.0 Å². The third-order valence-corrected chi connectivity index (χ3v) is 2.77. The fourth-order valence-electron chi connectivity index (χ4n) is 2.08. The summed E-state index contributed by atoms with van der Waals surface area (Å²) in [7, 11) is 0. The quantitative estimate of drug-likeness (QED) is 0.851. The summed E-state index contributed by atoms with van der Waals surface area (Å²) >= 11 is 0. The van der Waals surface area contributed by atoms with Crippen molar-refractivity contribution in [2.24, 2.45) is 5.92 Å². The number of aromatic nitrogens is 2. The molecule has 4 nitrogen and oxygen atoms in total. The van der Waals surface area contributed by atoms with E-state index >= 15 is 0 Å². The van der Waals surface area contributed by atoms with Crippen LogP contribution in [-0.4, -0.2) is 21.0 Å². The summed E-state index contributed by atoms with van der Waals surface area (Å²) in [6.07, 6.45) is 0.986. The maximum Gasteiger partial charge on any atom is 0.303 e. The van der Waals surface area contributed by atoms with E-state index in [9.17, 15) is 4.79 Å². The Labute approximate surface area is 99.7 Å². The van der Waals surface area contributed by atoms with Crippen LogP contribution >= 0.6 is 0 Å². The first-order valence-corrected chi connectivity index (χ1v) is 5.71. The molecule has 0 aliphatic rings. The van der Waals surface area contributed by atoms with E-state index in [2.05, 4.69) is 9.97 Å². The van der Waals surface area contributed by atoms with E-state index in [0.717, 1.165) is 28.8 Å². The van der Waals surface area contributed by atoms with E-state index in [0.29, 0.717) is 0 Å². The SMILES string of the molecule is Cc1nc2ccc(CC(C)CC(=O)O)cc2[nH]1. The molecular formula is C13H16N2O2. The van der Waals surface area contributed by atoms with Gasteiger partial charge in [0.2, 0.25) is 0 Å². The van der Waals surface area contributed by atoms with Crippen molar-refractivity contribution in [3.8, 4) is 0 Å². The third-order valence-electron chi connectivity index (χ3n) is 2.77. The standard InChI is InChI=1S/C13H16N2O2/c1-8(6-13(16)17)5-10-3-4-11-12(7-10)15-9(2)14-11/h3-4,7-8H,5-6H2,1-2H3,(H,14,15)(H,16,17). The van der Waals surface area contributed by atoms with Crippen molar-refractivity contribution in [1.29, 1.82) is 0 Å². The van der Waals surface area contributed by atoms with Gasteiger partial charge in [-0.25, -0.2) is 4.98 Å². The van der Waals surface area contributed by atoms with Crippen molar-refractivity contribution in [2.45, 2.75) is 26.7 Å². The van der Waals surface area contributed by atoms with Crippen LogP contribution in [0.1, 0.15) is 24.7 Å². The Bertz CT molecular complexity index is 545. The summed E-state index contributed by atoms with van der Waals surface area (Å²) < 4.78 is 0. The summed E-state index contributed by atoms with van der Waals surface area (Å²) in [6.45, 7) is 3.88.